The number of nitrogen functional groups attached to an aromatic ring is 1. The quantitative estimate of drug-likeness (QED) is 0.702. The fourth-order valence-electron chi connectivity index (χ4n) is 2.20. The molecule has 0 fully saturated rings. The Balaban J connectivity index is 2.42. The number of ether oxygens (including phenoxy) is 2. The van der Waals surface area contributed by atoms with Crippen LogP contribution in [0, 0.1) is 5.82 Å². The van der Waals surface area contributed by atoms with E-state index in [9.17, 15) is 14.0 Å². The Labute approximate surface area is 164 Å². The Kier molecular flexibility index (Phi) is 6.81. The zero-order chi connectivity index (χ0) is 20.1. The molecule has 0 bridgehead atoms. The van der Waals surface area contributed by atoms with E-state index in [1.807, 2.05) is 0 Å². The summed E-state index contributed by atoms with van der Waals surface area (Å²) in [5, 5.41) is 2.27. The van der Waals surface area contributed by atoms with Crippen LogP contribution in [-0.2, 0) is 9.53 Å². The molecule has 1 amide bonds. The SMILES string of the molecule is CCOC(=O)CNC(=O)c1nc(-c2ccc(Cl)c(OC)c2F)cc(N)c1Cl. The van der Waals surface area contributed by atoms with Gasteiger partial charge in [-0.1, -0.05) is 23.2 Å². The van der Waals surface area contributed by atoms with Gasteiger partial charge in [-0.3, -0.25) is 9.59 Å². The van der Waals surface area contributed by atoms with Crippen LogP contribution < -0.4 is 15.8 Å². The number of carbonyl (C=O) groups excluding carboxylic acids is 2. The number of hydrogen-bond donors (Lipinski definition) is 2. The molecule has 27 heavy (non-hydrogen) atoms. The first-order valence-corrected chi connectivity index (χ1v) is 8.47. The van der Waals surface area contributed by atoms with Crippen LogP contribution in [0.4, 0.5) is 10.1 Å². The van der Waals surface area contributed by atoms with E-state index >= 15 is 0 Å². The van der Waals surface area contributed by atoms with Crippen LogP contribution in [0.2, 0.25) is 10.0 Å². The summed E-state index contributed by atoms with van der Waals surface area (Å²) >= 11 is 11.9. The average Bonchev–Trinajstić information content (AvgIpc) is 2.62. The molecular weight excluding hydrogens is 400 g/mol. The van der Waals surface area contributed by atoms with E-state index in [2.05, 4.69) is 10.3 Å². The molecule has 2 aromatic rings. The highest BCUT2D eigenvalue weighted by atomic mass is 35.5. The minimum Gasteiger partial charge on any atom is -0.492 e. The lowest BCUT2D eigenvalue weighted by Gasteiger charge is -2.12. The van der Waals surface area contributed by atoms with Gasteiger partial charge in [0, 0.05) is 5.56 Å². The van der Waals surface area contributed by atoms with E-state index in [1.165, 1.54) is 25.3 Å². The van der Waals surface area contributed by atoms with Crippen molar-refractivity contribution in [2.45, 2.75) is 6.92 Å². The van der Waals surface area contributed by atoms with Gasteiger partial charge in [-0.2, -0.15) is 0 Å². The van der Waals surface area contributed by atoms with Gasteiger partial charge in [0.1, 0.15) is 12.2 Å². The molecule has 10 heteroatoms. The number of pyridine rings is 1. The Hall–Kier alpha value is -2.58. The lowest BCUT2D eigenvalue weighted by atomic mass is 10.1. The van der Waals surface area contributed by atoms with Crippen LogP contribution in [0.3, 0.4) is 0 Å². The molecule has 0 aliphatic carbocycles. The number of hydrogen-bond acceptors (Lipinski definition) is 6. The number of nitrogens with one attached hydrogen (secondary N) is 1. The van der Waals surface area contributed by atoms with Crippen molar-refractivity contribution in [3.05, 3.63) is 39.8 Å². The summed E-state index contributed by atoms with van der Waals surface area (Å²) in [5.41, 5.74) is 5.64. The Morgan fingerprint density at radius 2 is 2.04 bits per heavy atom. The molecule has 1 aromatic heterocycles. The van der Waals surface area contributed by atoms with Crippen molar-refractivity contribution in [2.75, 3.05) is 26.0 Å². The molecule has 0 unspecified atom stereocenters. The van der Waals surface area contributed by atoms with Gasteiger partial charge in [0.05, 0.1) is 35.1 Å². The molecule has 2 rings (SSSR count). The largest absolute Gasteiger partial charge is 0.492 e. The van der Waals surface area contributed by atoms with E-state index in [0.29, 0.717) is 0 Å². The van der Waals surface area contributed by atoms with Crippen LogP contribution in [0.1, 0.15) is 17.4 Å². The van der Waals surface area contributed by atoms with Crippen molar-refractivity contribution in [1.82, 2.24) is 10.3 Å². The summed E-state index contributed by atoms with van der Waals surface area (Å²) in [6, 6.07) is 4.11. The number of methoxy groups -OCH3 is 1. The van der Waals surface area contributed by atoms with Crippen molar-refractivity contribution in [1.29, 1.82) is 0 Å². The highest BCUT2D eigenvalue weighted by Crippen LogP contribution is 2.36. The van der Waals surface area contributed by atoms with Gasteiger partial charge in [0.2, 0.25) is 0 Å². The zero-order valence-corrected chi connectivity index (χ0v) is 15.9. The second-order valence-corrected chi connectivity index (χ2v) is 5.97. The van der Waals surface area contributed by atoms with Gasteiger partial charge < -0.3 is 20.5 Å². The lowest BCUT2D eigenvalue weighted by molar-refractivity contribution is -0.141. The van der Waals surface area contributed by atoms with E-state index in [0.717, 1.165) is 0 Å². The summed E-state index contributed by atoms with van der Waals surface area (Å²) in [6.45, 7) is 1.43. The monoisotopic (exact) mass is 415 g/mol. The first-order chi connectivity index (χ1) is 12.8. The molecule has 1 aromatic carbocycles. The molecule has 7 nitrogen and oxygen atoms in total. The Bertz CT molecular complexity index is 893. The van der Waals surface area contributed by atoms with Crippen LogP contribution >= 0.6 is 23.2 Å². The van der Waals surface area contributed by atoms with Gasteiger partial charge in [0.15, 0.2) is 11.6 Å². The number of carbonyl (C=O) groups is 2. The smallest absolute Gasteiger partial charge is 0.325 e. The number of halogens is 3. The van der Waals surface area contributed by atoms with E-state index in [1.54, 1.807) is 6.92 Å². The topological polar surface area (TPSA) is 104 Å². The van der Waals surface area contributed by atoms with Gasteiger partial charge in [-0.05, 0) is 25.1 Å². The highest BCUT2D eigenvalue weighted by molar-refractivity contribution is 6.36. The maximum absolute atomic E-state index is 14.6. The minimum atomic E-state index is -0.767. The first kappa shape index (κ1) is 20.7. The third kappa shape index (κ3) is 4.58. The van der Waals surface area contributed by atoms with Gasteiger partial charge in [0.25, 0.3) is 5.91 Å². The van der Waals surface area contributed by atoms with Crippen molar-refractivity contribution in [3.63, 3.8) is 0 Å². The average molecular weight is 416 g/mol. The molecule has 0 saturated carbocycles. The lowest BCUT2D eigenvalue weighted by Crippen LogP contribution is -2.31. The van der Waals surface area contributed by atoms with Gasteiger partial charge in [-0.15, -0.1) is 0 Å². The Morgan fingerprint density at radius 1 is 1.33 bits per heavy atom. The third-order valence-corrected chi connectivity index (χ3v) is 4.12. The Morgan fingerprint density at radius 3 is 2.67 bits per heavy atom. The predicted molar refractivity (Wildman–Crippen MR) is 99.6 cm³/mol. The third-order valence-electron chi connectivity index (χ3n) is 3.43. The van der Waals surface area contributed by atoms with Crippen molar-refractivity contribution >= 4 is 40.8 Å². The maximum atomic E-state index is 14.6. The van der Waals surface area contributed by atoms with Gasteiger partial charge in [-0.25, -0.2) is 9.37 Å². The number of nitrogens with two attached hydrogens (primary N) is 1. The highest BCUT2D eigenvalue weighted by Gasteiger charge is 2.21. The summed E-state index contributed by atoms with van der Waals surface area (Å²) in [6.07, 6.45) is 0. The van der Waals surface area contributed by atoms with Crippen LogP contribution in [0.15, 0.2) is 18.2 Å². The molecule has 0 saturated heterocycles. The number of anilines is 1. The number of aromatic nitrogens is 1. The molecule has 144 valence electrons. The molecule has 0 aliphatic rings. The first-order valence-electron chi connectivity index (χ1n) is 7.72. The number of amides is 1. The van der Waals surface area contributed by atoms with Crippen molar-refractivity contribution in [2.24, 2.45) is 0 Å². The van der Waals surface area contributed by atoms with Gasteiger partial charge >= 0.3 is 5.97 Å². The van der Waals surface area contributed by atoms with Crippen LogP contribution in [-0.4, -0.2) is 37.1 Å². The fourth-order valence-corrected chi connectivity index (χ4v) is 2.61. The maximum Gasteiger partial charge on any atom is 0.325 e. The molecule has 0 aliphatic heterocycles. The second-order valence-electron chi connectivity index (χ2n) is 5.19. The normalized spacial score (nSPS) is 10.4. The summed E-state index contributed by atoms with van der Waals surface area (Å²) in [7, 11) is 1.27. The summed E-state index contributed by atoms with van der Waals surface area (Å²) in [5.74, 6) is -2.32. The number of nitrogens with zero attached hydrogens (tertiary/aromatic N) is 1. The van der Waals surface area contributed by atoms with E-state index in [4.69, 9.17) is 38.4 Å². The zero-order valence-electron chi connectivity index (χ0n) is 14.4. The summed E-state index contributed by atoms with van der Waals surface area (Å²) in [4.78, 5) is 27.8. The standard InChI is InChI=1S/C17H16Cl2FN3O4/c1-3-27-12(24)7-22-17(25)15-13(19)10(21)6-11(23-15)8-4-5-9(18)16(26-2)14(8)20/h4-6H,3,7H2,1-2H3,(H2,21,23)(H,22,25). The molecule has 0 atom stereocenters. The second kappa shape index (κ2) is 8.88. The van der Waals surface area contributed by atoms with Crippen molar-refractivity contribution < 1.29 is 23.5 Å². The minimum absolute atomic E-state index is 0.0104. The molecule has 0 spiro atoms. The molecule has 0 radical (unpaired) electrons. The molecule has 3 N–H and O–H groups in total. The number of esters is 1. The van der Waals surface area contributed by atoms with E-state index in [-0.39, 0.29) is 51.6 Å². The van der Waals surface area contributed by atoms with E-state index < -0.39 is 17.7 Å². The molecule has 1 heterocycles. The number of rotatable bonds is 6. The molecular formula is C17H16Cl2FN3O4. The fraction of sp³-hybridized carbons (Fsp3) is 0.235. The van der Waals surface area contributed by atoms with Crippen molar-refractivity contribution in [3.8, 4) is 17.0 Å². The van der Waals surface area contributed by atoms with Crippen LogP contribution in [0.25, 0.3) is 11.3 Å². The summed E-state index contributed by atoms with van der Waals surface area (Å²) < 4.78 is 24.3. The predicted octanol–water partition coefficient (Wildman–Crippen LogP) is 3.08. The van der Waals surface area contributed by atoms with Crippen LogP contribution in [0.5, 0.6) is 5.75 Å². The number of benzene rings is 1.